The summed E-state index contributed by atoms with van der Waals surface area (Å²) in [6.07, 6.45) is 1.97. The quantitative estimate of drug-likeness (QED) is 0.859. The lowest BCUT2D eigenvalue weighted by atomic mass is 10.2. The molecule has 0 aromatic heterocycles. The molecule has 4 nitrogen and oxygen atoms in total. The first kappa shape index (κ1) is 17.2. The van der Waals surface area contributed by atoms with Crippen molar-refractivity contribution >= 4 is 23.5 Å². The summed E-state index contributed by atoms with van der Waals surface area (Å²) in [5.41, 5.74) is 2.18. The highest BCUT2D eigenvalue weighted by Crippen LogP contribution is 2.36. The van der Waals surface area contributed by atoms with Crippen LogP contribution in [0.1, 0.15) is 37.6 Å². The molecule has 122 valence electrons. The summed E-state index contributed by atoms with van der Waals surface area (Å²) >= 11 is 1.97. The van der Waals surface area contributed by atoms with Crippen molar-refractivity contribution in [2.24, 2.45) is 0 Å². The lowest BCUT2D eigenvalue weighted by Crippen LogP contribution is -2.36. The molecule has 1 aromatic rings. The molecule has 22 heavy (non-hydrogen) atoms. The minimum Gasteiger partial charge on any atom is -0.325 e. The van der Waals surface area contributed by atoms with Gasteiger partial charge in [0.1, 0.15) is 0 Å². The fourth-order valence-electron chi connectivity index (χ4n) is 2.69. The normalized spacial score (nSPS) is 18.4. The fourth-order valence-corrected chi connectivity index (χ4v) is 4.02. The average Bonchev–Trinajstić information content (AvgIpc) is 2.94. The van der Waals surface area contributed by atoms with Crippen LogP contribution >= 0.6 is 11.8 Å². The van der Waals surface area contributed by atoms with Crippen LogP contribution in [-0.2, 0) is 0 Å². The zero-order valence-electron chi connectivity index (χ0n) is 13.8. The number of amides is 2. The summed E-state index contributed by atoms with van der Waals surface area (Å²) in [6.45, 7) is 6.94. The van der Waals surface area contributed by atoms with Gasteiger partial charge in [0.15, 0.2) is 0 Å². The maximum absolute atomic E-state index is 12.3. The summed E-state index contributed by atoms with van der Waals surface area (Å²) in [7, 11) is 2.16. The van der Waals surface area contributed by atoms with Gasteiger partial charge in [-0.2, -0.15) is 0 Å². The van der Waals surface area contributed by atoms with Crippen LogP contribution in [-0.4, -0.2) is 48.3 Å². The van der Waals surface area contributed by atoms with E-state index in [2.05, 4.69) is 43.2 Å². The average molecular weight is 321 g/mol. The van der Waals surface area contributed by atoms with Crippen molar-refractivity contribution in [3.8, 4) is 0 Å². The van der Waals surface area contributed by atoms with E-state index < -0.39 is 0 Å². The molecule has 5 heteroatoms. The van der Waals surface area contributed by atoms with E-state index >= 15 is 0 Å². The van der Waals surface area contributed by atoms with Crippen molar-refractivity contribution in [1.29, 1.82) is 0 Å². The summed E-state index contributed by atoms with van der Waals surface area (Å²) in [5.74, 6) is 1.18. The van der Waals surface area contributed by atoms with Crippen LogP contribution in [0, 0.1) is 0 Å². The number of rotatable bonds is 6. The molecule has 1 unspecified atom stereocenters. The number of urea groups is 1. The zero-order chi connectivity index (χ0) is 15.9. The van der Waals surface area contributed by atoms with E-state index in [1.54, 1.807) is 0 Å². The van der Waals surface area contributed by atoms with Crippen molar-refractivity contribution in [1.82, 2.24) is 9.80 Å². The number of nitrogens with one attached hydrogen (secondary N) is 1. The molecule has 0 bridgehead atoms. The lowest BCUT2D eigenvalue weighted by molar-refractivity contribution is 0.211. The minimum absolute atomic E-state index is 0.00353. The van der Waals surface area contributed by atoms with E-state index in [9.17, 15) is 4.79 Å². The summed E-state index contributed by atoms with van der Waals surface area (Å²) in [6, 6.07) is 8.27. The third kappa shape index (κ3) is 4.40. The van der Waals surface area contributed by atoms with Gasteiger partial charge < -0.3 is 10.2 Å². The third-order valence-electron chi connectivity index (χ3n) is 3.84. The number of carbonyl (C=O) groups is 1. The van der Waals surface area contributed by atoms with E-state index in [-0.39, 0.29) is 6.03 Å². The highest BCUT2D eigenvalue weighted by molar-refractivity contribution is 7.99. The molecular formula is C17H27N3OS. The number of hydrogen-bond donors (Lipinski definition) is 1. The van der Waals surface area contributed by atoms with Crippen molar-refractivity contribution < 1.29 is 4.79 Å². The first-order chi connectivity index (χ1) is 10.7. The van der Waals surface area contributed by atoms with E-state index in [4.69, 9.17) is 0 Å². The molecule has 0 spiro atoms. The monoisotopic (exact) mass is 321 g/mol. The number of nitrogens with zero attached hydrogens (tertiary/aromatic N) is 2. The molecular weight excluding hydrogens is 294 g/mol. The number of benzene rings is 1. The molecule has 2 rings (SSSR count). The second-order valence-electron chi connectivity index (χ2n) is 5.74. The van der Waals surface area contributed by atoms with Crippen LogP contribution < -0.4 is 5.32 Å². The van der Waals surface area contributed by atoms with Gasteiger partial charge >= 0.3 is 6.03 Å². The Morgan fingerprint density at radius 1 is 1.27 bits per heavy atom. The largest absolute Gasteiger partial charge is 0.325 e. The topological polar surface area (TPSA) is 35.6 Å². The Labute approximate surface area is 138 Å². The molecule has 1 heterocycles. The highest BCUT2D eigenvalue weighted by Gasteiger charge is 2.23. The second-order valence-corrected chi connectivity index (χ2v) is 6.93. The van der Waals surface area contributed by atoms with Gasteiger partial charge in [0.25, 0.3) is 0 Å². The Bertz CT molecular complexity index is 471. The van der Waals surface area contributed by atoms with Crippen LogP contribution in [0.5, 0.6) is 0 Å². The second kappa shape index (κ2) is 8.44. The van der Waals surface area contributed by atoms with Crippen molar-refractivity contribution in [3.63, 3.8) is 0 Å². The molecule has 0 saturated carbocycles. The van der Waals surface area contributed by atoms with E-state index in [1.165, 1.54) is 11.3 Å². The van der Waals surface area contributed by atoms with Crippen LogP contribution in [0.4, 0.5) is 10.5 Å². The SMILES string of the molecule is CCCN(CCC)C(=O)Nc1ccc(C2SCCN2C)cc1. The van der Waals surface area contributed by atoms with E-state index in [0.717, 1.165) is 38.2 Å². The summed E-state index contributed by atoms with van der Waals surface area (Å²) in [5, 5.41) is 3.45. The number of thioether (sulfide) groups is 1. The Morgan fingerprint density at radius 3 is 2.41 bits per heavy atom. The summed E-state index contributed by atoms with van der Waals surface area (Å²) < 4.78 is 0. The third-order valence-corrected chi connectivity index (χ3v) is 5.21. The number of hydrogen-bond acceptors (Lipinski definition) is 3. The molecule has 1 N–H and O–H groups in total. The van der Waals surface area contributed by atoms with Gasteiger partial charge in [-0.05, 0) is 37.6 Å². The van der Waals surface area contributed by atoms with Gasteiger partial charge in [0, 0.05) is 31.1 Å². The lowest BCUT2D eigenvalue weighted by Gasteiger charge is -2.22. The minimum atomic E-state index is 0.00353. The molecule has 1 fully saturated rings. The summed E-state index contributed by atoms with van der Waals surface area (Å²) in [4.78, 5) is 16.5. The van der Waals surface area contributed by atoms with Gasteiger partial charge in [-0.3, -0.25) is 4.90 Å². The van der Waals surface area contributed by atoms with E-state index in [0.29, 0.717) is 5.37 Å². The van der Waals surface area contributed by atoms with Gasteiger partial charge in [0.2, 0.25) is 0 Å². The Balaban J connectivity index is 1.96. The number of anilines is 1. The molecule has 1 atom stereocenters. The fraction of sp³-hybridized carbons (Fsp3) is 0.588. The smallest absolute Gasteiger partial charge is 0.321 e. The molecule has 0 aliphatic carbocycles. The zero-order valence-corrected chi connectivity index (χ0v) is 14.7. The van der Waals surface area contributed by atoms with Crippen LogP contribution in [0.3, 0.4) is 0 Å². The van der Waals surface area contributed by atoms with Gasteiger partial charge in [-0.25, -0.2) is 4.79 Å². The Morgan fingerprint density at radius 2 is 1.91 bits per heavy atom. The first-order valence-corrected chi connectivity index (χ1v) is 9.18. The Kier molecular flexibility index (Phi) is 6.58. The molecule has 1 aliphatic rings. The van der Waals surface area contributed by atoms with Gasteiger partial charge in [-0.1, -0.05) is 26.0 Å². The molecule has 2 amide bonds. The predicted molar refractivity (Wildman–Crippen MR) is 95.4 cm³/mol. The van der Waals surface area contributed by atoms with Crippen LogP contribution in [0.15, 0.2) is 24.3 Å². The van der Waals surface area contributed by atoms with Crippen LogP contribution in [0.25, 0.3) is 0 Å². The van der Waals surface area contributed by atoms with Gasteiger partial charge in [0.05, 0.1) is 5.37 Å². The van der Waals surface area contributed by atoms with Gasteiger partial charge in [-0.15, -0.1) is 11.8 Å². The molecule has 1 aromatic carbocycles. The maximum atomic E-state index is 12.3. The highest BCUT2D eigenvalue weighted by atomic mass is 32.2. The molecule has 1 aliphatic heterocycles. The predicted octanol–water partition coefficient (Wildman–Crippen LogP) is 4.02. The standard InChI is InChI=1S/C17H27N3OS/c1-4-10-20(11-5-2)17(21)18-15-8-6-14(7-9-15)16-19(3)12-13-22-16/h6-9,16H,4-5,10-13H2,1-3H3,(H,18,21). The molecule has 0 radical (unpaired) electrons. The van der Waals surface area contributed by atoms with Crippen molar-refractivity contribution in [3.05, 3.63) is 29.8 Å². The Hall–Kier alpha value is -1.20. The number of carbonyl (C=O) groups excluding carboxylic acids is 1. The molecule has 1 saturated heterocycles. The van der Waals surface area contributed by atoms with Crippen LogP contribution in [0.2, 0.25) is 0 Å². The first-order valence-electron chi connectivity index (χ1n) is 8.13. The van der Waals surface area contributed by atoms with E-state index in [1.807, 2.05) is 28.8 Å². The van der Waals surface area contributed by atoms with Crippen molar-refractivity contribution in [2.75, 3.05) is 37.8 Å². The van der Waals surface area contributed by atoms with Crippen molar-refractivity contribution in [2.45, 2.75) is 32.1 Å². The maximum Gasteiger partial charge on any atom is 0.321 e.